The first-order chi connectivity index (χ1) is 18.4. The van der Waals surface area contributed by atoms with Crippen molar-refractivity contribution in [3.63, 3.8) is 0 Å². The first-order valence-electron chi connectivity index (χ1n) is 12.1. The van der Waals surface area contributed by atoms with Crippen LogP contribution in [-0.2, 0) is 24.8 Å². The average Bonchev–Trinajstić information content (AvgIpc) is 3.50. The van der Waals surface area contributed by atoms with Crippen LogP contribution in [0.4, 0.5) is 9.18 Å². The quantitative estimate of drug-likeness (QED) is 0.510. The molecule has 3 aliphatic rings. The molecule has 1 saturated carbocycles. The predicted octanol–water partition coefficient (Wildman–Crippen LogP) is 3.00. The largest absolute Gasteiger partial charge is 0.425 e. The van der Waals surface area contributed by atoms with Crippen LogP contribution in [0.1, 0.15) is 25.0 Å². The Kier molecular flexibility index (Phi) is 7.12. The zero-order valence-corrected chi connectivity index (χ0v) is 23.9. The number of amides is 2. The molecule has 3 heterocycles. The van der Waals surface area contributed by atoms with Gasteiger partial charge in [0, 0.05) is 36.7 Å². The van der Waals surface area contributed by atoms with Crippen LogP contribution < -0.4 is 5.32 Å². The molecule has 2 atom stereocenters. The number of alkyl carbamates (subject to hydrolysis) is 1. The fourth-order valence-corrected chi connectivity index (χ4v) is 7.71. The monoisotopic (exact) mass is 639 g/mol. The SMILES string of the molecule is CN1CC(C(=O)N2C[C@H](S(=O)(=O)c3ccccc3Cl)C[C@@H]2OC(=O)NC2(C#N)CC2)(c2ncc(Br)cc2F)C1. The van der Waals surface area contributed by atoms with Gasteiger partial charge in [-0.25, -0.2) is 17.6 Å². The maximum absolute atomic E-state index is 15.1. The van der Waals surface area contributed by atoms with Crippen LogP contribution in [0.2, 0.25) is 5.02 Å². The molecule has 39 heavy (non-hydrogen) atoms. The molecule has 5 rings (SSSR count). The third-order valence-corrected chi connectivity index (χ3v) is 10.4. The molecule has 2 amide bonds. The second-order valence-corrected chi connectivity index (χ2v) is 13.7. The summed E-state index contributed by atoms with van der Waals surface area (Å²) < 4.78 is 48.2. The van der Waals surface area contributed by atoms with Crippen molar-refractivity contribution in [1.82, 2.24) is 20.1 Å². The minimum atomic E-state index is -4.05. The number of carbonyl (C=O) groups is 2. The van der Waals surface area contributed by atoms with Gasteiger partial charge in [0.2, 0.25) is 5.91 Å². The van der Waals surface area contributed by atoms with Gasteiger partial charge in [-0.1, -0.05) is 23.7 Å². The van der Waals surface area contributed by atoms with E-state index >= 15 is 4.39 Å². The Bertz CT molecular complexity index is 1490. The van der Waals surface area contributed by atoms with Crippen LogP contribution in [0, 0.1) is 17.1 Å². The second-order valence-electron chi connectivity index (χ2n) is 10.2. The number of carbonyl (C=O) groups excluding carboxylic acids is 2. The number of nitrogens with one attached hydrogen (secondary N) is 1. The molecule has 1 N–H and O–H groups in total. The molecular weight excluding hydrogens is 617 g/mol. The van der Waals surface area contributed by atoms with Crippen molar-refractivity contribution in [3.8, 4) is 6.07 Å². The number of nitrogens with zero attached hydrogens (tertiary/aromatic N) is 4. The molecule has 0 spiro atoms. The third kappa shape index (κ3) is 4.99. The lowest BCUT2D eigenvalue weighted by atomic mass is 9.75. The predicted molar refractivity (Wildman–Crippen MR) is 141 cm³/mol. The number of rotatable bonds is 6. The number of likely N-dealkylation sites (tertiary alicyclic amines) is 2. The van der Waals surface area contributed by atoms with Crippen molar-refractivity contribution in [2.75, 3.05) is 26.7 Å². The smallest absolute Gasteiger partial charge is 0.410 e. The van der Waals surface area contributed by atoms with Crippen molar-refractivity contribution < 1.29 is 27.1 Å². The van der Waals surface area contributed by atoms with Crippen molar-refractivity contribution >= 4 is 49.4 Å². The minimum Gasteiger partial charge on any atom is -0.425 e. The highest BCUT2D eigenvalue weighted by molar-refractivity contribution is 9.10. The zero-order valence-electron chi connectivity index (χ0n) is 20.7. The third-order valence-electron chi connectivity index (χ3n) is 7.35. The molecule has 1 aromatic carbocycles. The van der Waals surface area contributed by atoms with E-state index in [9.17, 15) is 23.3 Å². The van der Waals surface area contributed by atoms with Gasteiger partial charge in [-0.3, -0.25) is 9.78 Å². The van der Waals surface area contributed by atoms with Gasteiger partial charge in [0.15, 0.2) is 16.1 Å². The number of pyridine rings is 1. The van der Waals surface area contributed by atoms with Gasteiger partial charge in [-0.2, -0.15) is 5.26 Å². The molecule has 1 aliphatic carbocycles. The number of nitriles is 1. The zero-order chi connectivity index (χ0) is 28.2. The minimum absolute atomic E-state index is 0.0282. The summed E-state index contributed by atoms with van der Waals surface area (Å²) in [5.41, 5.74) is -2.52. The van der Waals surface area contributed by atoms with Crippen molar-refractivity contribution in [1.29, 1.82) is 5.26 Å². The van der Waals surface area contributed by atoms with E-state index in [0.717, 1.165) is 0 Å². The van der Waals surface area contributed by atoms with E-state index in [1.807, 2.05) is 6.07 Å². The maximum Gasteiger partial charge on any atom is 0.410 e. The number of halogens is 3. The fraction of sp³-hybridized carbons (Fsp3) is 0.440. The van der Waals surface area contributed by atoms with Crippen molar-refractivity contribution in [2.24, 2.45) is 0 Å². The molecule has 14 heteroatoms. The lowest BCUT2D eigenvalue weighted by molar-refractivity contribution is -0.151. The number of likely N-dealkylation sites (N-methyl/N-ethyl adjacent to an activating group) is 1. The van der Waals surface area contributed by atoms with Crippen LogP contribution in [-0.4, -0.2) is 78.9 Å². The summed E-state index contributed by atoms with van der Waals surface area (Å²) >= 11 is 9.36. The van der Waals surface area contributed by atoms with E-state index in [1.54, 1.807) is 18.0 Å². The molecule has 2 aliphatic heterocycles. The van der Waals surface area contributed by atoms with Gasteiger partial charge in [0.1, 0.15) is 16.8 Å². The molecule has 1 aromatic heterocycles. The maximum atomic E-state index is 15.1. The van der Waals surface area contributed by atoms with Crippen LogP contribution in [0.15, 0.2) is 45.9 Å². The van der Waals surface area contributed by atoms with Gasteiger partial charge in [-0.15, -0.1) is 0 Å². The molecule has 0 bridgehead atoms. The first kappa shape index (κ1) is 27.8. The van der Waals surface area contributed by atoms with Gasteiger partial charge < -0.3 is 19.9 Å². The summed E-state index contributed by atoms with van der Waals surface area (Å²) in [6, 6.07) is 9.19. The number of aromatic nitrogens is 1. The van der Waals surface area contributed by atoms with Crippen LogP contribution in [0.5, 0.6) is 0 Å². The van der Waals surface area contributed by atoms with E-state index in [1.165, 1.54) is 35.4 Å². The van der Waals surface area contributed by atoms with Gasteiger partial charge in [-0.05, 0) is 54.0 Å². The molecule has 0 radical (unpaired) electrons. The van der Waals surface area contributed by atoms with E-state index in [0.29, 0.717) is 17.3 Å². The summed E-state index contributed by atoms with van der Waals surface area (Å²) in [5, 5.41) is 10.7. The van der Waals surface area contributed by atoms with E-state index in [2.05, 4.69) is 26.2 Å². The first-order valence-corrected chi connectivity index (χ1v) is 14.8. The van der Waals surface area contributed by atoms with Crippen LogP contribution >= 0.6 is 27.5 Å². The molecule has 2 saturated heterocycles. The number of ether oxygens (including phenoxy) is 1. The summed E-state index contributed by atoms with van der Waals surface area (Å²) in [6.45, 7) is -0.0457. The summed E-state index contributed by atoms with van der Waals surface area (Å²) in [6.07, 6.45) is -0.151. The van der Waals surface area contributed by atoms with Gasteiger partial charge in [0.05, 0.1) is 26.9 Å². The number of sulfone groups is 1. The highest BCUT2D eigenvalue weighted by atomic mass is 79.9. The second kappa shape index (κ2) is 9.99. The van der Waals surface area contributed by atoms with Crippen LogP contribution in [0.3, 0.4) is 0 Å². The van der Waals surface area contributed by atoms with Crippen molar-refractivity contribution in [3.05, 3.63) is 57.5 Å². The Balaban J connectivity index is 1.49. The highest BCUT2D eigenvalue weighted by Gasteiger charge is 2.57. The Morgan fingerprint density at radius 2 is 2.00 bits per heavy atom. The van der Waals surface area contributed by atoms with Gasteiger partial charge >= 0.3 is 6.09 Å². The average molecular weight is 641 g/mol. The Hall–Kier alpha value is -2.79. The highest BCUT2D eigenvalue weighted by Crippen LogP contribution is 2.41. The molecule has 206 valence electrons. The Labute approximate surface area is 238 Å². The molecule has 2 aromatic rings. The standard InChI is InChI=1S/C25H24BrClFN5O5S/c1-32-13-25(14-32,21-18(28)8-15(26)10-30-21)22(34)33-11-16(39(36,37)19-5-3-2-4-17(19)27)9-20(33)38-23(35)31-24(12-29)6-7-24/h2-5,8,10,16,20H,6-7,9,11,13-14H2,1H3,(H,31,35)/t16-,20+/m1/s1. The fourth-order valence-electron chi connectivity index (χ4n) is 5.21. The number of hydrogen-bond acceptors (Lipinski definition) is 8. The number of benzene rings is 1. The summed E-state index contributed by atoms with van der Waals surface area (Å²) in [4.78, 5) is 33.9. The van der Waals surface area contributed by atoms with E-state index < -0.39 is 50.1 Å². The lowest BCUT2D eigenvalue weighted by Crippen LogP contribution is -2.67. The van der Waals surface area contributed by atoms with Crippen molar-refractivity contribution in [2.45, 2.75) is 46.6 Å². The van der Waals surface area contributed by atoms with Crippen LogP contribution in [0.25, 0.3) is 0 Å². The molecule has 0 unspecified atom stereocenters. The molecular formula is C25H24BrClFN5O5S. The normalized spacial score (nSPS) is 23.4. The summed E-state index contributed by atoms with van der Waals surface area (Å²) in [7, 11) is -2.29. The van der Waals surface area contributed by atoms with Gasteiger partial charge in [0.25, 0.3) is 0 Å². The van der Waals surface area contributed by atoms with E-state index in [4.69, 9.17) is 16.3 Å². The summed E-state index contributed by atoms with van der Waals surface area (Å²) in [5.74, 6) is -1.30. The van der Waals surface area contributed by atoms with E-state index in [-0.39, 0.29) is 41.7 Å². The topological polar surface area (TPSA) is 133 Å². The Morgan fingerprint density at radius 1 is 1.31 bits per heavy atom. The molecule has 10 nitrogen and oxygen atoms in total. The Morgan fingerprint density at radius 3 is 2.59 bits per heavy atom. The molecule has 3 fully saturated rings. The lowest BCUT2D eigenvalue weighted by Gasteiger charge is -2.48. The number of hydrogen-bond donors (Lipinski definition) is 1.